The summed E-state index contributed by atoms with van der Waals surface area (Å²) in [4.78, 5) is 24.6. The van der Waals surface area contributed by atoms with Gasteiger partial charge >= 0.3 is 5.97 Å². The number of benzene rings is 2. The SMILES string of the molecule is COc1cc(C#Cc2ccc(N3CCN(N(C(C)CC(=O)O)S(=O)[O-])CC3)cc2)cc2cc(C(N)=O)oc12. The Morgan fingerprint density at radius 1 is 1.16 bits per heavy atom. The van der Waals surface area contributed by atoms with E-state index in [4.69, 9.17) is 20.0 Å². The van der Waals surface area contributed by atoms with Crippen LogP contribution in [0.25, 0.3) is 11.0 Å². The molecule has 11 nitrogen and oxygen atoms in total. The molecule has 3 N–H and O–H groups in total. The number of methoxy groups -OCH3 is 1. The Morgan fingerprint density at radius 2 is 1.82 bits per heavy atom. The van der Waals surface area contributed by atoms with Crippen molar-refractivity contribution in [2.24, 2.45) is 5.73 Å². The van der Waals surface area contributed by atoms with E-state index in [0.717, 1.165) is 15.7 Å². The highest BCUT2D eigenvalue weighted by molar-refractivity contribution is 7.76. The van der Waals surface area contributed by atoms with E-state index in [0.29, 0.717) is 48.5 Å². The fourth-order valence-electron chi connectivity index (χ4n) is 4.37. The average Bonchev–Trinajstić information content (AvgIpc) is 3.32. The third-order valence-corrected chi connectivity index (χ3v) is 7.06. The van der Waals surface area contributed by atoms with Crippen LogP contribution in [0.4, 0.5) is 5.69 Å². The first-order valence-electron chi connectivity index (χ1n) is 11.8. The molecule has 1 amide bonds. The molecule has 3 aromatic rings. The molecule has 1 fully saturated rings. The molecule has 0 saturated carbocycles. The van der Waals surface area contributed by atoms with E-state index < -0.39 is 29.2 Å². The van der Waals surface area contributed by atoms with E-state index in [-0.39, 0.29) is 12.2 Å². The fraction of sp³-hybridized carbons (Fsp3) is 0.308. The lowest BCUT2D eigenvalue weighted by Gasteiger charge is -2.44. The first-order chi connectivity index (χ1) is 18.2. The number of hydrogen-bond donors (Lipinski definition) is 2. The molecule has 0 aliphatic carbocycles. The summed E-state index contributed by atoms with van der Waals surface area (Å²) in [6.07, 6.45) is -0.270. The van der Waals surface area contributed by atoms with Crippen molar-refractivity contribution in [3.63, 3.8) is 0 Å². The van der Waals surface area contributed by atoms with Crippen molar-refractivity contribution >= 4 is 39.8 Å². The van der Waals surface area contributed by atoms with E-state index in [2.05, 4.69) is 16.7 Å². The van der Waals surface area contributed by atoms with E-state index in [1.807, 2.05) is 24.3 Å². The van der Waals surface area contributed by atoms with Crippen molar-refractivity contribution in [2.75, 3.05) is 38.2 Å². The number of aliphatic carboxylic acids is 1. The number of rotatable bonds is 8. The lowest BCUT2D eigenvalue weighted by atomic mass is 10.1. The number of hydrogen-bond acceptors (Lipinski definition) is 8. The van der Waals surface area contributed by atoms with Crippen LogP contribution in [0.5, 0.6) is 5.75 Å². The van der Waals surface area contributed by atoms with Gasteiger partial charge in [0.2, 0.25) is 0 Å². The number of fused-ring (bicyclic) bond motifs is 1. The van der Waals surface area contributed by atoms with Crippen LogP contribution in [0.2, 0.25) is 0 Å². The summed E-state index contributed by atoms with van der Waals surface area (Å²) in [7, 11) is 1.51. The number of piperazine rings is 1. The Bertz CT molecular complexity index is 1420. The minimum Gasteiger partial charge on any atom is -0.759 e. The largest absolute Gasteiger partial charge is 0.759 e. The summed E-state index contributed by atoms with van der Waals surface area (Å²) in [5.41, 5.74) is 8.20. The maximum Gasteiger partial charge on any atom is 0.305 e. The summed E-state index contributed by atoms with van der Waals surface area (Å²) >= 11 is -2.56. The molecule has 0 spiro atoms. The molecule has 1 aliphatic heterocycles. The van der Waals surface area contributed by atoms with Gasteiger partial charge < -0.3 is 29.4 Å². The molecular formula is C26H27N4O7S-. The number of carbonyl (C=O) groups excluding carboxylic acids is 1. The number of anilines is 1. The highest BCUT2D eigenvalue weighted by atomic mass is 32.2. The van der Waals surface area contributed by atoms with Gasteiger partial charge in [0.15, 0.2) is 17.1 Å². The summed E-state index contributed by atoms with van der Waals surface area (Å²) in [5.74, 6) is 5.01. The lowest BCUT2D eigenvalue weighted by Crippen LogP contribution is -2.57. The Hall–Kier alpha value is -3.89. The number of carboxylic acids is 1. The molecule has 2 aromatic carbocycles. The molecule has 2 unspecified atom stereocenters. The van der Waals surface area contributed by atoms with Gasteiger partial charge in [0.25, 0.3) is 5.91 Å². The van der Waals surface area contributed by atoms with Crippen LogP contribution in [-0.2, 0) is 16.1 Å². The number of hydrazine groups is 1. The van der Waals surface area contributed by atoms with Gasteiger partial charge in [-0.1, -0.05) is 11.8 Å². The molecule has 4 rings (SSSR count). The van der Waals surface area contributed by atoms with Crippen molar-refractivity contribution in [2.45, 2.75) is 19.4 Å². The summed E-state index contributed by atoms with van der Waals surface area (Å²) in [6, 6.07) is 12.1. The summed E-state index contributed by atoms with van der Waals surface area (Å²) < 4.78 is 35.5. The van der Waals surface area contributed by atoms with E-state index in [9.17, 15) is 18.4 Å². The minimum absolute atomic E-state index is 0.0450. The second-order valence-corrected chi connectivity index (χ2v) is 9.58. The van der Waals surface area contributed by atoms with Crippen LogP contribution in [0.1, 0.15) is 35.0 Å². The van der Waals surface area contributed by atoms with Crippen LogP contribution in [-0.4, -0.2) is 74.5 Å². The van der Waals surface area contributed by atoms with Gasteiger partial charge in [-0.25, -0.2) is 5.01 Å². The number of carboxylic acid groups (broad SMARTS) is 1. The van der Waals surface area contributed by atoms with Crippen LogP contribution < -0.4 is 15.4 Å². The highest BCUT2D eigenvalue weighted by Gasteiger charge is 2.28. The topological polar surface area (TPSA) is 153 Å². The molecule has 0 bridgehead atoms. The van der Waals surface area contributed by atoms with Crippen molar-refractivity contribution in [1.29, 1.82) is 0 Å². The normalized spacial score (nSPS) is 15.6. The monoisotopic (exact) mass is 539 g/mol. The molecule has 1 saturated heterocycles. The zero-order valence-corrected chi connectivity index (χ0v) is 21.7. The third kappa shape index (κ3) is 6.15. The number of carbonyl (C=O) groups is 2. The highest BCUT2D eigenvalue weighted by Crippen LogP contribution is 2.30. The molecule has 2 atom stereocenters. The Kier molecular flexibility index (Phi) is 8.33. The first kappa shape index (κ1) is 27.2. The molecule has 2 heterocycles. The van der Waals surface area contributed by atoms with E-state index >= 15 is 0 Å². The van der Waals surface area contributed by atoms with Crippen molar-refractivity contribution in [3.8, 4) is 17.6 Å². The lowest BCUT2D eigenvalue weighted by molar-refractivity contribution is -0.139. The number of furan rings is 1. The number of ether oxygens (including phenoxy) is 1. The van der Waals surface area contributed by atoms with Gasteiger partial charge in [-0.2, -0.15) is 4.41 Å². The maximum atomic E-state index is 11.7. The van der Waals surface area contributed by atoms with Crippen LogP contribution in [0.15, 0.2) is 46.9 Å². The van der Waals surface area contributed by atoms with Crippen LogP contribution in [0, 0.1) is 11.8 Å². The predicted octanol–water partition coefficient (Wildman–Crippen LogP) is 1.94. The zero-order chi connectivity index (χ0) is 27.4. The van der Waals surface area contributed by atoms with Gasteiger partial charge in [-0.3, -0.25) is 13.8 Å². The van der Waals surface area contributed by atoms with Crippen molar-refractivity contribution < 1.29 is 32.6 Å². The smallest absolute Gasteiger partial charge is 0.305 e. The van der Waals surface area contributed by atoms with Crippen molar-refractivity contribution in [3.05, 3.63) is 59.4 Å². The van der Waals surface area contributed by atoms with Gasteiger partial charge in [-0.15, -0.1) is 0 Å². The fourth-order valence-corrected chi connectivity index (χ4v) is 5.09. The molecule has 1 aromatic heterocycles. The predicted molar refractivity (Wildman–Crippen MR) is 140 cm³/mol. The van der Waals surface area contributed by atoms with Gasteiger partial charge in [0, 0.05) is 65.7 Å². The van der Waals surface area contributed by atoms with Gasteiger partial charge in [-0.05, 0) is 49.4 Å². The zero-order valence-electron chi connectivity index (χ0n) is 20.9. The Balaban J connectivity index is 1.43. The molecule has 200 valence electrons. The average molecular weight is 540 g/mol. The standard InChI is InChI=1S/C26H28N4O7S/c1-17(13-24(31)32)30(38(34)35)29-11-9-28(10-12-29)21-7-5-18(6-8-21)3-4-19-14-20-16-23(26(27)33)37-25(20)22(15-19)36-2/h5-8,14-17H,9-13H2,1-2H3,(H2,27,33)(H,31,32)(H,34,35)/p-1. The van der Waals surface area contributed by atoms with E-state index in [1.165, 1.54) is 7.11 Å². The van der Waals surface area contributed by atoms with Crippen molar-refractivity contribution in [1.82, 2.24) is 9.42 Å². The number of nitrogens with two attached hydrogens (primary N) is 1. The van der Waals surface area contributed by atoms with E-state index in [1.54, 1.807) is 30.1 Å². The summed E-state index contributed by atoms with van der Waals surface area (Å²) in [6.45, 7) is 3.62. The molecule has 1 aliphatic rings. The molecule has 38 heavy (non-hydrogen) atoms. The van der Waals surface area contributed by atoms with Gasteiger partial charge in [0.05, 0.1) is 13.5 Å². The number of primary amides is 1. The molecule has 0 radical (unpaired) electrons. The number of nitrogens with zero attached hydrogens (tertiary/aromatic N) is 3. The summed E-state index contributed by atoms with van der Waals surface area (Å²) in [5, 5.41) is 11.4. The Morgan fingerprint density at radius 3 is 2.39 bits per heavy atom. The Labute approximate surface area is 222 Å². The molecule has 12 heteroatoms. The quantitative estimate of drug-likeness (QED) is 0.323. The first-order valence-corrected chi connectivity index (χ1v) is 12.8. The minimum atomic E-state index is -2.56. The van der Waals surface area contributed by atoms with Crippen LogP contribution in [0.3, 0.4) is 0 Å². The van der Waals surface area contributed by atoms with Gasteiger partial charge in [0.1, 0.15) is 0 Å². The third-order valence-electron chi connectivity index (χ3n) is 6.16. The molecular weight excluding hydrogens is 512 g/mol. The van der Waals surface area contributed by atoms with Crippen LogP contribution >= 0.6 is 0 Å². The number of amides is 1. The second-order valence-electron chi connectivity index (χ2n) is 8.78. The maximum absolute atomic E-state index is 11.7. The second kappa shape index (κ2) is 11.7.